The fourth-order valence-corrected chi connectivity index (χ4v) is 13.3. The SMILES string of the molecule is CC[C@H](C)[C@H](NC(=O)[C@H](Cc1ccccc1)NC(C)=O)C(=O)N[C@H](C(=O)NCC(=O)N[C@@H](Cc1c[nH]cn1)C(=O)N[C@@H](Cc1ccc(O)cc1)C(=O)N[C@@H](Cc1c[nH]c2ccccc12)C(=O)N[C@H](C(=O)N[C@@H](CCCNC(=N)N)C(=O)N[C@@H](C)C(=O)N[C@@H](CC(C)C)C(=O)N1CCC[C@H]1C(=O)N[C@@H](CS)C(=O)NCC(N)=O)C(C)C)[C@@H](C)O. The van der Waals surface area contributed by atoms with Gasteiger partial charge in [-0.1, -0.05) is 109 Å². The molecule has 1 aliphatic heterocycles. The number of imidazole rings is 1. The topological polar surface area (TPSA) is 589 Å². The number of nitrogens with two attached hydrogens (primary N) is 2. The minimum atomic E-state index is -1.71. The second-order valence-corrected chi connectivity index (χ2v) is 30.4. The van der Waals surface area contributed by atoms with Gasteiger partial charge in [0.2, 0.25) is 88.6 Å². The maximum Gasteiger partial charge on any atom is 0.245 e. The van der Waals surface area contributed by atoms with Gasteiger partial charge < -0.3 is 111 Å². The fourth-order valence-electron chi connectivity index (χ4n) is 13.1. The first-order chi connectivity index (χ1) is 56.0. The second-order valence-electron chi connectivity index (χ2n) is 30.0. The summed E-state index contributed by atoms with van der Waals surface area (Å²) in [7, 11) is 0. The van der Waals surface area contributed by atoms with Crippen molar-refractivity contribution in [2.24, 2.45) is 29.2 Å². The predicted molar refractivity (Wildman–Crippen MR) is 437 cm³/mol. The smallest absolute Gasteiger partial charge is 0.245 e. The molecule has 38 nitrogen and oxygen atoms in total. The summed E-state index contributed by atoms with van der Waals surface area (Å²) in [4.78, 5) is 221. The summed E-state index contributed by atoms with van der Waals surface area (Å²) in [6, 6.07) is 4.97. The number of aromatic hydroxyl groups is 1. The number of phenols is 1. The van der Waals surface area contributed by atoms with E-state index in [4.69, 9.17) is 16.9 Å². The number of benzene rings is 3. The number of thiol groups is 1. The summed E-state index contributed by atoms with van der Waals surface area (Å²) < 4.78 is 0. The van der Waals surface area contributed by atoms with Crippen LogP contribution in [0.4, 0.5) is 0 Å². The number of likely N-dealkylation sites (tertiary alicyclic amines) is 1. The van der Waals surface area contributed by atoms with Gasteiger partial charge in [0.25, 0.3) is 0 Å². The third-order valence-corrected chi connectivity index (χ3v) is 20.0. The van der Waals surface area contributed by atoms with Crippen LogP contribution in [0.5, 0.6) is 5.75 Å². The Labute approximate surface area is 688 Å². The number of amides is 15. The van der Waals surface area contributed by atoms with Crippen molar-refractivity contribution >= 4 is 118 Å². The molecule has 2 aromatic heterocycles. The molecular formula is C79H113N21O17S. The highest BCUT2D eigenvalue weighted by atomic mass is 32.1. The maximum absolute atomic E-state index is 15.2. The molecule has 0 aliphatic carbocycles. The highest BCUT2D eigenvalue weighted by Crippen LogP contribution is 2.24. The van der Waals surface area contributed by atoms with Crippen LogP contribution in [0.1, 0.15) is 123 Å². The first kappa shape index (κ1) is 94.7. The van der Waals surface area contributed by atoms with Crippen molar-refractivity contribution in [2.45, 2.75) is 205 Å². The van der Waals surface area contributed by atoms with E-state index in [0.717, 1.165) is 5.56 Å². The number of hydrogen-bond donors (Lipinski definition) is 22. The molecule has 1 aliphatic rings. The predicted octanol–water partition coefficient (Wildman–Crippen LogP) is -2.73. The van der Waals surface area contributed by atoms with Crippen molar-refractivity contribution in [2.75, 3.05) is 31.9 Å². The third-order valence-electron chi connectivity index (χ3n) is 19.6. The van der Waals surface area contributed by atoms with E-state index < -0.39 is 192 Å². The number of H-pyrrole nitrogens is 2. The molecule has 1 fully saturated rings. The fraction of sp³-hybridized carbons (Fsp3) is 0.506. The molecule has 3 aromatic carbocycles. The molecule has 0 spiro atoms. The number of fused-ring (bicyclic) bond motifs is 1. The number of aromatic amines is 2. The molecule has 118 heavy (non-hydrogen) atoms. The van der Waals surface area contributed by atoms with Crippen molar-refractivity contribution in [1.29, 1.82) is 5.41 Å². The van der Waals surface area contributed by atoms with Crippen LogP contribution in [-0.4, -0.2) is 235 Å². The average molecular weight is 1660 g/mol. The van der Waals surface area contributed by atoms with Crippen molar-refractivity contribution in [1.82, 2.24) is 94.3 Å². The Hall–Kier alpha value is -12.2. The van der Waals surface area contributed by atoms with Gasteiger partial charge in [-0.05, 0) is 98.6 Å². The molecule has 6 rings (SSSR count). The molecule has 0 bridgehead atoms. The molecule has 5 aromatic rings. The Balaban J connectivity index is 1.21. The van der Waals surface area contributed by atoms with E-state index in [1.54, 1.807) is 102 Å². The Bertz CT molecular complexity index is 4300. The van der Waals surface area contributed by atoms with Crippen LogP contribution in [0.25, 0.3) is 10.9 Å². The molecule has 39 heteroatoms. The standard InChI is InChI=1S/C79H113N21O17S/c1-10-43(6)65(98-72(111)55(90-46(9)102)31-47-18-12-11-13-19-47)77(116)99-66(45(8)101)75(114)87-38-63(105)91-58(34-50-36-83-40-88-50)71(110)93-56(32-48-24-26-51(103)27-25-48)70(109)94-57(33-49-35-85-53-21-15-14-20-52(49)53)73(112)97-64(42(4)5)76(115)92-54(22-16-28-84-79(81)82)69(108)89-44(7)67(106)95-59(30-41(2)3)78(117)100-29-17-23-61(100)74(113)96-60(39-118)68(107)86-37-62(80)104/h11-15,18-21,24-27,35-36,40-45,54-61,64-66,85,101,103,118H,10,16-17,22-23,28-34,37-39H2,1-9H3,(H2,80,104)(H,83,88)(H,86,107)(H,87,114)(H,89,108)(H,90,102)(H,91,105)(H,92,115)(H,93,110)(H,94,109)(H,95,106)(H,96,113)(H,97,112)(H,98,111)(H,99,116)(H4,81,82,84)/t43-,44-,45+,54-,55-,56-,57-,58-,59-,60-,61-,64-,65-,66-/m0/s1. The molecule has 3 heterocycles. The van der Waals surface area contributed by atoms with Crippen LogP contribution < -0.4 is 85.9 Å². The van der Waals surface area contributed by atoms with Crippen LogP contribution in [0, 0.1) is 23.2 Å². The molecule has 0 saturated carbocycles. The number of aromatic nitrogens is 3. The zero-order chi connectivity index (χ0) is 87.0. The molecule has 15 amide bonds. The van der Waals surface area contributed by atoms with E-state index >= 15 is 9.59 Å². The Morgan fingerprint density at radius 2 is 1.14 bits per heavy atom. The largest absolute Gasteiger partial charge is 0.508 e. The lowest BCUT2D eigenvalue weighted by molar-refractivity contribution is -0.142. The van der Waals surface area contributed by atoms with Crippen LogP contribution in [0.2, 0.25) is 0 Å². The number of carbonyl (C=O) groups excluding carboxylic acids is 15. The summed E-state index contributed by atoms with van der Waals surface area (Å²) in [5, 5.41) is 66.1. The normalized spacial score (nSPS) is 15.8. The van der Waals surface area contributed by atoms with E-state index in [1.807, 2.05) is 0 Å². The molecule has 1 saturated heterocycles. The van der Waals surface area contributed by atoms with E-state index in [-0.39, 0.29) is 93.5 Å². The van der Waals surface area contributed by atoms with Crippen molar-refractivity contribution in [3.05, 3.63) is 120 Å². The van der Waals surface area contributed by atoms with Gasteiger partial charge in [-0.2, -0.15) is 12.6 Å². The molecule has 23 N–H and O–H groups in total. The van der Waals surface area contributed by atoms with Crippen molar-refractivity contribution < 1.29 is 82.1 Å². The van der Waals surface area contributed by atoms with Crippen LogP contribution >= 0.6 is 12.6 Å². The average Bonchev–Trinajstić information content (AvgIpc) is 1.64. The third kappa shape index (κ3) is 29.8. The summed E-state index contributed by atoms with van der Waals surface area (Å²) in [5.74, 6) is -14.6. The first-order valence-corrected chi connectivity index (χ1v) is 39.8. The highest BCUT2D eigenvalue weighted by molar-refractivity contribution is 7.80. The first-order valence-electron chi connectivity index (χ1n) is 39.1. The van der Waals surface area contributed by atoms with Gasteiger partial charge in [-0.25, -0.2) is 4.98 Å². The minimum absolute atomic E-state index is 0.0488. The lowest BCUT2D eigenvalue weighted by atomic mass is 9.96. The number of carbonyl (C=O) groups is 15. The number of aliphatic hydroxyl groups excluding tert-OH is 1. The number of hydrogen-bond acceptors (Lipinski definition) is 20. The summed E-state index contributed by atoms with van der Waals surface area (Å²) in [6.07, 6.45) is 3.04. The number of aliphatic hydroxyl groups is 1. The number of nitrogens with zero attached hydrogens (tertiary/aromatic N) is 2. The molecule has 14 atom stereocenters. The molecular weight excluding hydrogens is 1550 g/mol. The van der Waals surface area contributed by atoms with Gasteiger partial charge in [0, 0.05) is 74.7 Å². The Kier molecular flexibility index (Phi) is 37.4. The van der Waals surface area contributed by atoms with Crippen LogP contribution in [0.15, 0.2) is 97.6 Å². The van der Waals surface area contributed by atoms with E-state index in [2.05, 4.69) is 102 Å². The lowest BCUT2D eigenvalue weighted by Crippen LogP contribution is -2.61. The molecule has 0 radical (unpaired) electrons. The maximum atomic E-state index is 15.2. The van der Waals surface area contributed by atoms with Gasteiger partial charge in [0.15, 0.2) is 5.96 Å². The van der Waals surface area contributed by atoms with E-state index in [9.17, 15) is 72.5 Å². The quantitative estimate of drug-likeness (QED) is 0.00814. The van der Waals surface area contributed by atoms with Crippen LogP contribution in [-0.2, 0) is 97.6 Å². The van der Waals surface area contributed by atoms with Gasteiger partial charge in [-0.15, -0.1) is 0 Å². The van der Waals surface area contributed by atoms with Gasteiger partial charge >= 0.3 is 0 Å². The number of rotatable bonds is 46. The van der Waals surface area contributed by atoms with Crippen molar-refractivity contribution in [3.63, 3.8) is 0 Å². The number of guanidine groups is 1. The van der Waals surface area contributed by atoms with E-state index in [1.165, 1.54) is 62.5 Å². The van der Waals surface area contributed by atoms with Gasteiger partial charge in [0.1, 0.15) is 78.3 Å². The zero-order valence-corrected chi connectivity index (χ0v) is 68.5. The number of phenolic OH excluding ortho intramolecular Hbond substituents is 1. The van der Waals surface area contributed by atoms with E-state index in [0.29, 0.717) is 34.9 Å². The number of nitrogens with one attached hydrogen (secondary N) is 17. The number of primary amides is 1. The van der Waals surface area contributed by atoms with Crippen molar-refractivity contribution in [3.8, 4) is 5.75 Å². The molecule has 0 unspecified atom stereocenters. The lowest BCUT2D eigenvalue weighted by Gasteiger charge is -2.31. The van der Waals surface area contributed by atoms with Crippen LogP contribution in [0.3, 0.4) is 0 Å². The van der Waals surface area contributed by atoms with Gasteiger partial charge in [0.05, 0.1) is 31.2 Å². The zero-order valence-electron chi connectivity index (χ0n) is 67.6. The second kappa shape index (κ2) is 46.5. The van der Waals surface area contributed by atoms with Gasteiger partial charge in [-0.3, -0.25) is 77.3 Å². The monoisotopic (exact) mass is 1660 g/mol. The molecule has 642 valence electrons. The minimum Gasteiger partial charge on any atom is -0.508 e. The summed E-state index contributed by atoms with van der Waals surface area (Å²) in [6.45, 7) is 12.9. The number of para-hydroxylation sites is 1. The highest BCUT2D eigenvalue weighted by Gasteiger charge is 2.42. The Morgan fingerprint density at radius 3 is 1.73 bits per heavy atom. The Morgan fingerprint density at radius 1 is 0.576 bits per heavy atom. The summed E-state index contributed by atoms with van der Waals surface area (Å²) >= 11 is 4.17. The summed E-state index contributed by atoms with van der Waals surface area (Å²) in [5.41, 5.74) is 13.3.